The van der Waals surface area contributed by atoms with Crippen LogP contribution in [-0.2, 0) is 19.6 Å². The molecule has 1 aliphatic rings. The molecule has 0 saturated carbocycles. The fraction of sp³-hybridized carbons (Fsp3) is 0.350. The van der Waals surface area contributed by atoms with Crippen molar-refractivity contribution in [2.75, 3.05) is 32.8 Å². The summed E-state index contributed by atoms with van der Waals surface area (Å²) in [4.78, 5) is 13.8. The van der Waals surface area contributed by atoms with Crippen molar-refractivity contribution in [2.45, 2.75) is 17.9 Å². The van der Waals surface area contributed by atoms with E-state index in [-0.39, 0.29) is 29.3 Å². The van der Waals surface area contributed by atoms with E-state index in [1.807, 2.05) is 30.3 Å². The van der Waals surface area contributed by atoms with Gasteiger partial charge in [0.1, 0.15) is 6.10 Å². The second kappa shape index (κ2) is 9.34. The van der Waals surface area contributed by atoms with Gasteiger partial charge in [0.05, 0.1) is 31.2 Å². The molecule has 2 aromatic carbocycles. The SMILES string of the molecule is CCOc1ccc(S(=O)(=O)NCC(=O)N2CCO[C@@H](c3ccccc3)C2)cc1F. The minimum absolute atomic E-state index is 0.0252. The van der Waals surface area contributed by atoms with Crippen LogP contribution in [0.15, 0.2) is 53.4 Å². The number of morpholine rings is 1. The highest BCUT2D eigenvalue weighted by molar-refractivity contribution is 7.89. The van der Waals surface area contributed by atoms with Crippen LogP contribution < -0.4 is 9.46 Å². The van der Waals surface area contributed by atoms with Crippen LogP contribution in [0.25, 0.3) is 0 Å². The molecule has 2 aromatic rings. The van der Waals surface area contributed by atoms with Gasteiger partial charge in [0.15, 0.2) is 11.6 Å². The summed E-state index contributed by atoms with van der Waals surface area (Å²) in [5, 5.41) is 0. The summed E-state index contributed by atoms with van der Waals surface area (Å²) in [6.45, 7) is 2.62. The first-order valence-electron chi connectivity index (χ1n) is 9.27. The molecule has 0 aliphatic carbocycles. The first-order valence-corrected chi connectivity index (χ1v) is 10.8. The van der Waals surface area contributed by atoms with Gasteiger partial charge in [-0.05, 0) is 30.7 Å². The number of halogens is 1. The average molecular weight is 422 g/mol. The summed E-state index contributed by atoms with van der Waals surface area (Å²) >= 11 is 0. The Hall–Kier alpha value is -2.49. The minimum Gasteiger partial charge on any atom is -0.491 e. The number of amides is 1. The van der Waals surface area contributed by atoms with Crippen LogP contribution in [0.2, 0.25) is 0 Å². The first-order chi connectivity index (χ1) is 13.9. The molecule has 3 rings (SSSR count). The van der Waals surface area contributed by atoms with Crippen molar-refractivity contribution in [2.24, 2.45) is 0 Å². The lowest BCUT2D eigenvalue weighted by Crippen LogP contribution is -2.46. The van der Waals surface area contributed by atoms with E-state index in [4.69, 9.17) is 9.47 Å². The van der Waals surface area contributed by atoms with Crippen LogP contribution in [0, 0.1) is 5.82 Å². The molecule has 1 amide bonds. The third-order valence-electron chi connectivity index (χ3n) is 4.52. The topological polar surface area (TPSA) is 84.9 Å². The van der Waals surface area contributed by atoms with Crippen LogP contribution in [0.4, 0.5) is 4.39 Å². The molecule has 1 fully saturated rings. The van der Waals surface area contributed by atoms with E-state index >= 15 is 0 Å². The molecule has 0 radical (unpaired) electrons. The molecule has 1 heterocycles. The smallest absolute Gasteiger partial charge is 0.241 e. The van der Waals surface area contributed by atoms with Gasteiger partial charge >= 0.3 is 0 Å². The highest BCUT2D eigenvalue weighted by atomic mass is 32.2. The van der Waals surface area contributed by atoms with Crippen molar-refractivity contribution in [1.29, 1.82) is 0 Å². The number of carbonyl (C=O) groups excluding carboxylic acids is 1. The van der Waals surface area contributed by atoms with E-state index in [0.717, 1.165) is 11.6 Å². The number of benzene rings is 2. The van der Waals surface area contributed by atoms with E-state index in [1.165, 1.54) is 12.1 Å². The summed E-state index contributed by atoms with van der Waals surface area (Å²) < 4.78 is 51.8. The normalized spacial score (nSPS) is 17.2. The number of hydrogen-bond donors (Lipinski definition) is 1. The molecule has 7 nitrogen and oxygen atoms in total. The summed E-state index contributed by atoms with van der Waals surface area (Å²) in [5.41, 5.74) is 0.954. The fourth-order valence-corrected chi connectivity index (χ4v) is 4.00. The van der Waals surface area contributed by atoms with Crippen LogP contribution in [-0.4, -0.2) is 52.1 Å². The Morgan fingerprint density at radius 3 is 2.72 bits per heavy atom. The number of carbonyl (C=O) groups is 1. The van der Waals surface area contributed by atoms with Gasteiger partial charge in [-0.1, -0.05) is 30.3 Å². The van der Waals surface area contributed by atoms with Gasteiger partial charge in [0, 0.05) is 6.54 Å². The van der Waals surface area contributed by atoms with Crippen LogP contribution in [0.5, 0.6) is 5.75 Å². The quantitative estimate of drug-likeness (QED) is 0.739. The van der Waals surface area contributed by atoms with Gasteiger partial charge in [0.25, 0.3) is 0 Å². The molecule has 1 aliphatic heterocycles. The van der Waals surface area contributed by atoms with Crippen LogP contribution in [0.1, 0.15) is 18.6 Å². The monoisotopic (exact) mass is 422 g/mol. The minimum atomic E-state index is -4.04. The molecular formula is C20H23FN2O5S. The van der Waals surface area contributed by atoms with Gasteiger partial charge < -0.3 is 14.4 Å². The maximum absolute atomic E-state index is 14.0. The zero-order chi connectivity index (χ0) is 20.9. The highest BCUT2D eigenvalue weighted by Crippen LogP contribution is 2.23. The zero-order valence-corrected chi connectivity index (χ0v) is 16.8. The van der Waals surface area contributed by atoms with Gasteiger partial charge in [-0.25, -0.2) is 17.5 Å². The number of rotatable bonds is 7. The van der Waals surface area contributed by atoms with Crippen LogP contribution in [0.3, 0.4) is 0 Å². The zero-order valence-electron chi connectivity index (χ0n) is 16.0. The molecule has 0 aromatic heterocycles. The number of hydrogen-bond acceptors (Lipinski definition) is 5. The van der Waals surface area contributed by atoms with Crippen molar-refractivity contribution in [3.8, 4) is 5.75 Å². The third-order valence-corrected chi connectivity index (χ3v) is 5.92. The maximum atomic E-state index is 14.0. The fourth-order valence-electron chi connectivity index (χ4n) is 3.02. The Kier molecular flexibility index (Phi) is 6.83. The predicted molar refractivity (Wildman–Crippen MR) is 104 cm³/mol. The Labute approximate surface area is 169 Å². The van der Waals surface area contributed by atoms with E-state index in [0.29, 0.717) is 19.7 Å². The molecule has 29 heavy (non-hydrogen) atoms. The lowest BCUT2D eigenvalue weighted by atomic mass is 10.1. The molecule has 1 N–H and O–H groups in total. The Bertz CT molecular complexity index is 953. The van der Waals surface area contributed by atoms with Crippen LogP contribution >= 0.6 is 0 Å². The number of ether oxygens (including phenoxy) is 2. The van der Waals surface area contributed by atoms with Crippen molar-refractivity contribution in [3.63, 3.8) is 0 Å². The molecule has 0 bridgehead atoms. The molecular weight excluding hydrogens is 399 g/mol. The largest absolute Gasteiger partial charge is 0.491 e. The van der Waals surface area contributed by atoms with Gasteiger partial charge in [-0.15, -0.1) is 0 Å². The molecule has 0 unspecified atom stereocenters. The number of nitrogens with zero attached hydrogens (tertiary/aromatic N) is 1. The van der Waals surface area contributed by atoms with E-state index in [1.54, 1.807) is 11.8 Å². The van der Waals surface area contributed by atoms with Crippen molar-refractivity contribution >= 4 is 15.9 Å². The second-order valence-electron chi connectivity index (χ2n) is 6.46. The molecule has 9 heteroatoms. The van der Waals surface area contributed by atoms with Crippen molar-refractivity contribution in [1.82, 2.24) is 9.62 Å². The van der Waals surface area contributed by atoms with Gasteiger partial charge in [-0.3, -0.25) is 4.79 Å². The summed E-state index contributed by atoms with van der Waals surface area (Å²) in [5.74, 6) is -1.17. The average Bonchev–Trinajstić information content (AvgIpc) is 2.74. The van der Waals surface area contributed by atoms with Crippen molar-refractivity contribution < 1.29 is 27.1 Å². The summed E-state index contributed by atoms with van der Waals surface area (Å²) in [6, 6.07) is 12.9. The van der Waals surface area contributed by atoms with E-state index < -0.39 is 22.4 Å². The highest BCUT2D eigenvalue weighted by Gasteiger charge is 2.26. The Morgan fingerprint density at radius 1 is 1.28 bits per heavy atom. The Morgan fingerprint density at radius 2 is 2.03 bits per heavy atom. The second-order valence-corrected chi connectivity index (χ2v) is 8.23. The maximum Gasteiger partial charge on any atom is 0.241 e. The third kappa shape index (κ3) is 5.31. The lowest BCUT2D eigenvalue weighted by Gasteiger charge is -2.33. The van der Waals surface area contributed by atoms with Gasteiger partial charge in [-0.2, -0.15) is 0 Å². The predicted octanol–water partition coefficient (Wildman–Crippen LogP) is 2.10. The first kappa shape index (κ1) is 21.2. The molecule has 1 atom stereocenters. The van der Waals surface area contributed by atoms with Crippen molar-refractivity contribution in [3.05, 3.63) is 59.9 Å². The number of nitrogens with one attached hydrogen (secondary N) is 1. The molecule has 0 spiro atoms. The molecule has 1 saturated heterocycles. The number of sulfonamides is 1. The Balaban J connectivity index is 1.61. The molecule has 156 valence electrons. The summed E-state index contributed by atoms with van der Waals surface area (Å²) in [7, 11) is -4.04. The van der Waals surface area contributed by atoms with E-state index in [9.17, 15) is 17.6 Å². The van der Waals surface area contributed by atoms with Gasteiger partial charge in [0.2, 0.25) is 15.9 Å². The lowest BCUT2D eigenvalue weighted by molar-refractivity contribution is -0.137. The standard InChI is InChI=1S/C20H23FN2O5S/c1-2-27-18-9-8-16(12-17(18)21)29(25,26)22-13-20(24)23-10-11-28-19(14-23)15-6-4-3-5-7-15/h3-9,12,19,22H,2,10-11,13-14H2,1H3/t19-/m1/s1. The summed E-state index contributed by atoms with van der Waals surface area (Å²) in [6.07, 6.45) is -0.259. The van der Waals surface area contributed by atoms with E-state index in [2.05, 4.69) is 4.72 Å².